The lowest BCUT2D eigenvalue weighted by Crippen LogP contribution is -2.55. The molecule has 0 saturated heterocycles. The fourth-order valence-corrected chi connectivity index (χ4v) is 3.43. The van der Waals surface area contributed by atoms with Gasteiger partial charge >= 0.3 is 11.9 Å². The minimum Gasteiger partial charge on any atom is -0.464 e. The van der Waals surface area contributed by atoms with E-state index in [2.05, 4.69) is 12.2 Å². The molecule has 6 nitrogen and oxygen atoms in total. The van der Waals surface area contributed by atoms with Crippen molar-refractivity contribution in [2.45, 2.75) is 97.9 Å². The van der Waals surface area contributed by atoms with Crippen LogP contribution in [0.3, 0.4) is 0 Å². The van der Waals surface area contributed by atoms with Crippen molar-refractivity contribution in [3.05, 3.63) is 30.3 Å². The standard InChI is InChI=1S/C26H41NO5/c1-5-7-8-9-10-11-12-13-17-20-22(28)27-23(24(29)31-6-2)26(3,4)25(30)32-21-18-15-14-16-19-21/h14-16,18-19,23H,5-13,17,20H2,1-4H3,(H,27,28)/t23-/m0/s1. The van der Waals surface area contributed by atoms with Gasteiger partial charge in [0.2, 0.25) is 5.91 Å². The van der Waals surface area contributed by atoms with Gasteiger partial charge in [0.25, 0.3) is 0 Å². The first-order chi connectivity index (χ1) is 15.3. The van der Waals surface area contributed by atoms with Gasteiger partial charge in [-0.3, -0.25) is 9.59 Å². The maximum Gasteiger partial charge on any atom is 0.329 e. The lowest BCUT2D eigenvalue weighted by atomic mass is 9.84. The summed E-state index contributed by atoms with van der Waals surface area (Å²) in [5, 5.41) is 2.72. The molecule has 0 aromatic heterocycles. The van der Waals surface area contributed by atoms with Crippen molar-refractivity contribution in [1.82, 2.24) is 5.32 Å². The van der Waals surface area contributed by atoms with E-state index in [1.165, 1.54) is 38.5 Å². The number of unbranched alkanes of at least 4 members (excludes halogenated alkanes) is 8. The first kappa shape index (κ1) is 27.7. The Kier molecular flexibility index (Phi) is 13.3. The molecular weight excluding hydrogens is 406 g/mol. The average molecular weight is 448 g/mol. The van der Waals surface area contributed by atoms with E-state index in [1.54, 1.807) is 45.0 Å². The van der Waals surface area contributed by atoms with Gasteiger partial charge in [-0.1, -0.05) is 76.5 Å². The second kappa shape index (κ2) is 15.4. The third-order valence-corrected chi connectivity index (χ3v) is 5.54. The fraction of sp³-hybridized carbons (Fsp3) is 0.654. The molecule has 1 aromatic carbocycles. The topological polar surface area (TPSA) is 81.7 Å². The van der Waals surface area contributed by atoms with Crippen LogP contribution in [0.25, 0.3) is 0 Å². The Morgan fingerprint density at radius 1 is 0.875 bits per heavy atom. The Labute approximate surface area is 193 Å². The van der Waals surface area contributed by atoms with Gasteiger partial charge in [0.1, 0.15) is 11.8 Å². The molecule has 0 heterocycles. The van der Waals surface area contributed by atoms with Crippen LogP contribution in [-0.2, 0) is 19.1 Å². The van der Waals surface area contributed by atoms with Gasteiger partial charge in [-0.15, -0.1) is 0 Å². The number of esters is 2. The number of hydrogen-bond acceptors (Lipinski definition) is 5. The second-order valence-electron chi connectivity index (χ2n) is 8.76. The quantitative estimate of drug-likeness (QED) is 0.203. The number of amides is 1. The molecule has 0 unspecified atom stereocenters. The lowest BCUT2D eigenvalue weighted by Gasteiger charge is -2.31. The zero-order valence-electron chi connectivity index (χ0n) is 20.3. The van der Waals surface area contributed by atoms with Gasteiger partial charge in [-0.25, -0.2) is 4.79 Å². The third kappa shape index (κ3) is 10.3. The van der Waals surface area contributed by atoms with E-state index in [1.807, 2.05) is 6.07 Å². The predicted octanol–water partition coefficient (Wildman–Crippen LogP) is 5.59. The first-order valence-electron chi connectivity index (χ1n) is 12.1. The molecule has 0 spiro atoms. The highest BCUT2D eigenvalue weighted by atomic mass is 16.5. The lowest BCUT2D eigenvalue weighted by molar-refractivity contribution is -0.159. The van der Waals surface area contributed by atoms with Gasteiger partial charge in [0, 0.05) is 6.42 Å². The molecule has 1 N–H and O–H groups in total. The number of carbonyl (C=O) groups is 3. The molecule has 0 aliphatic rings. The highest BCUT2D eigenvalue weighted by Crippen LogP contribution is 2.26. The summed E-state index contributed by atoms with van der Waals surface area (Å²) < 4.78 is 10.6. The van der Waals surface area contributed by atoms with E-state index < -0.39 is 23.4 Å². The van der Waals surface area contributed by atoms with Crippen LogP contribution in [0, 0.1) is 5.41 Å². The molecule has 1 rings (SSSR count). The zero-order valence-corrected chi connectivity index (χ0v) is 20.3. The maximum absolute atomic E-state index is 12.8. The molecule has 1 aromatic rings. The number of rotatable bonds is 16. The van der Waals surface area contributed by atoms with Crippen LogP contribution in [0.5, 0.6) is 5.75 Å². The summed E-state index contributed by atoms with van der Waals surface area (Å²) in [6.07, 6.45) is 10.7. The van der Waals surface area contributed by atoms with Crippen LogP contribution < -0.4 is 10.1 Å². The molecule has 0 aliphatic heterocycles. The molecule has 1 amide bonds. The van der Waals surface area contributed by atoms with Crippen molar-refractivity contribution in [2.24, 2.45) is 5.41 Å². The minimum atomic E-state index is -1.30. The smallest absolute Gasteiger partial charge is 0.329 e. The SMILES string of the molecule is CCCCCCCCCCCC(=O)N[C@@H](C(=O)OCC)C(C)(C)C(=O)Oc1ccccc1. The summed E-state index contributed by atoms with van der Waals surface area (Å²) in [7, 11) is 0. The minimum absolute atomic E-state index is 0.160. The number of benzene rings is 1. The summed E-state index contributed by atoms with van der Waals surface area (Å²) in [6.45, 7) is 7.23. The Hall–Kier alpha value is -2.37. The van der Waals surface area contributed by atoms with Gasteiger partial charge in [0.15, 0.2) is 0 Å². The summed E-state index contributed by atoms with van der Waals surface area (Å²) in [5.41, 5.74) is -1.30. The summed E-state index contributed by atoms with van der Waals surface area (Å²) in [6, 6.07) is 7.53. The summed E-state index contributed by atoms with van der Waals surface area (Å²) in [5.74, 6) is -1.12. The number of nitrogens with one attached hydrogen (secondary N) is 1. The van der Waals surface area contributed by atoms with E-state index in [0.29, 0.717) is 12.2 Å². The van der Waals surface area contributed by atoms with E-state index in [9.17, 15) is 14.4 Å². The highest BCUT2D eigenvalue weighted by Gasteiger charge is 2.45. The van der Waals surface area contributed by atoms with Gasteiger partial charge in [-0.2, -0.15) is 0 Å². The first-order valence-corrected chi connectivity index (χ1v) is 12.1. The Morgan fingerprint density at radius 2 is 1.44 bits per heavy atom. The van der Waals surface area contributed by atoms with E-state index in [-0.39, 0.29) is 12.5 Å². The van der Waals surface area contributed by atoms with Crippen molar-refractivity contribution in [1.29, 1.82) is 0 Å². The van der Waals surface area contributed by atoms with Crippen molar-refractivity contribution in [3.63, 3.8) is 0 Å². The van der Waals surface area contributed by atoms with E-state index in [0.717, 1.165) is 19.3 Å². The summed E-state index contributed by atoms with van der Waals surface area (Å²) in [4.78, 5) is 37.9. The Bertz CT molecular complexity index is 687. The largest absolute Gasteiger partial charge is 0.464 e. The molecular formula is C26H41NO5. The normalized spacial score (nSPS) is 12.1. The van der Waals surface area contributed by atoms with Crippen LogP contribution in [0.2, 0.25) is 0 Å². The highest BCUT2D eigenvalue weighted by molar-refractivity contribution is 5.91. The number of hydrogen-bond donors (Lipinski definition) is 1. The Morgan fingerprint density at radius 3 is 2.00 bits per heavy atom. The number of carbonyl (C=O) groups excluding carboxylic acids is 3. The van der Waals surface area contributed by atoms with Crippen LogP contribution in [0.1, 0.15) is 91.9 Å². The fourth-order valence-electron chi connectivity index (χ4n) is 3.43. The molecule has 0 radical (unpaired) electrons. The number of ether oxygens (including phenoxy) is 2. The van der Waals surface area contributed by atoms with Crippen LogP contribution in [0.4, 0.5) is 0 Å². The van der Waals surface area contributed by atoms with Gasteiger partial charge in [0.05, 0.1) is 12.0 Å². The summed E-state index contributed by atoms with van der Waals surface area (Å²) >= 11 is 0. The van der Waals surface area contributed by atoms with Crippen molar-refractivity contribution < 1.29 is 23.9 Å². The molecule has 0 aliphatic carbocycles. The van der Waals surface area contributed by atoms with Crippen molar-refractivity contribution in [3.8, 4) is 5.75 Å². The average Bonchev–Trinajstić information content (AvgIpc) is 2.77. The molecule has 6 heteroatoms. The molecule has 0 fully saturated rings. The molecule has 180 valence electrons. The van der Waals surface area contributed by atoms with Crippen molar-refractivity contribution >= 4 is 17.8 Å². The molecule has 0 bridgehead atoms. The van der Waals surface area contributed by atoms with Crippen LogP contribution >= 0.6 is 0 Å². The monoisotopic (exact) mass is 447 g/mol. The van der Waals surface area contributed by atoms with E-state index >= 15 is 0 Å². The maximum atomic E-state index is 12.8. The third-order valence-electron chi connectivity index (χ3n) is 5.54. The molecule has 1 atom stereocenters. The Balaban J connectivity index is 2.56. The number of para-hydroxylation sites is 1. The van der Waals surface area contributed by atoms with Crippen LogP contribution in [0.15, 0.2) is 30.3 Å². The van der Waals surface area contributed by atoms with Gasteiger partial charge < -0.3 is 14.8 Å². The van der Waals surface area contributed by atoms with Gasteiger partial charge in [-0.05, 0) is 39.3 Å². The zero-order chi connectivity index (χ0) is 23.8. The molecule has 32 heavy (non-hydrogen) atoms. The molecule has 0 saturated carbocycles. The predicted molar refractivity (Wildman–Crippen MR) is 126 cm³/mol. The van der Waals surface area contributed by atoms with Crippen LogP contribution in [-0.4, -0.2) is 30.5 Å². The van der Waals surface area contributed by atoms with E-state index in [4.69, 9.17) is 9.47 Å². The van der Waals surface area contributed by atoms with Crippen molar-refractivity contribution in [2.75, 3.05) is 6.61 Å². The second-order valence-corrected chi connectivity index (χ2v) is 8.76.